The molecule has 0 saturated heterocycles. The summed E-state index contributed by atoms with van der Waals surface area (Å²) < 4.78 is 25.1. The standard InChI is InChI=1S/C5H6F2N4/c6-1-2(8)3(9)4(7)11-5(1)10/h9H2,(H4,8,10,11). The van der Waals surface area contributed by atoms with Crippen molar-refractivity contribution in [3.8, 4) is 0 Å². The van der Waals surface area contributed by atoms with Crippen LogP contribution in [0.3, 0.4) is 0 Å². The minimum atomic E-state index is -1.05. The Kier molecular flexibility index (Phi) is 1.52. The van der Waals surface area contributed by atoms with Crippen LogP contribution < -0.4 is 17.2 Å². The van der Waals surface area contributed by atoms with E-state index in [1.54, 1.807) is 0 Å². The highest BCUT2D eigenvalue weighted by atomic mass is 19.1. The van der Waals surface area contributed by atoms with E-state index in [1.807, 2.05) is 0 Å². The van der Waals surface area contributed by atoms with Crippen LogP contribution in [0.5, 0.6) is 0 Å². The molecule has 0 aliphatic heterocycles. The number of hydrogen-bond acceptors (Lipinski definition) is 4. The SMILES string of the molecule is Nc1nc(F)c(N)c(N)c1F. The van der Waals surface area contributed by atoms with Crippen molar-refractivity contribution in [1.82, 2.24) is 4.98 Å². The van der Waals surface area contributed by atoms with Crippen molar-refractivity contribution < 1.29 is 8.78 Å². The quantitative estimate of drug-likeness (QED) is 0.469. The second-order valence-corrected chi connectivity index (χ2v) is 1.93. The number of nitrogens with zero attached hydrogens (tertiary/aromatic N) is 1. The molecule has 6 N–H and O–H groups in total. The first-order valence-corrected chi connectivity index (χ1v) is 2.69. The van der Waals surface area contributed by atoms with Gasteiger partial charge >= 0.3 is 0 Å². The molecule has 0 bridgehead atoms. The van der Waals surface area contributed by atoms with Gasteiger partial charge in [-0.25, -0.2) is 4.39 Å². The molecule has 0 amide bonds. The second-order valence-electron chi connectivity index (χ2n) is 1.93. The fourth-order valence-electron chi connectivity index (χ4n) is 0.582. The van der Waals surface area contributed by atoms with Crippen molar-refractivity contribution in [2.75, 3.05) is 17.2 Å². The summed E-state index contributed by atoms with van der Waals surface area (Å²) >= 11 is 0. The van der Waals surface area contributed by atoms with E-state index >= 15 is 0 Å². The van der Waals surface area contributed by atoms with Crippen molar-refractivity contribution in [2.45, 2.75) is 0 Å². The Morgan fingerprint density at radius 1 is 1.00 bits per heavy atom. The third-order valence-electron chi connectivity index (χ3n) is 1.19. The molecule has 0 radical (unpaired) electrons. The lowest BCUT2D eigenvalue weighted by Crippen LogP contribution is -2.07. The number of nitrogens with two attached hydrogens (primary N) is 3. The van der Waals surface area contributed by atoms with Gasteiger partial charge in [-0.05, 0) is 0 Å². The Labute approximate surface area is 61.0 Å². The van der Waals surface area contributed by atoms with Crippen molar-refractivity contribution in [3.63, 3.8) is 0 Å². The Bertz CT molecular complexity index is 273. The van der Waals surface area contributed by atoms with Crippen molar-refractivity contribution >= 4 is 17.2 Å². The summed E-state index contributed by atoms with van der Waals surface area (Å²) in [6, 6.07) is 0. The average molecular weight is 160 g/mol. The first-order valence-electron chi connectivity index (χ1n) is 2.69. The maximum Gasteiger partial charge on any atom is 0.240 e. The van der Waals surface area contributed by atoms with E-state index in [0.717, 1.165) is 0 Å². The van der Waals surface area contributed by atoms with E-state index in [-0.39, 0.29) is 0 Å². The zero-order chi connectivity index (χ0) is 8.59. The summed E-state index contributed by atoms with van der Waals surface area (Å²) in [5.74, 6) is -2.63. The van der Waals surface area contributed by atoms with Crippen LogP contribution in [-0.4, -0.2) is 4.98 Å². The highest BCUT2D eigenvalue weighted by molar-refractivity contribution is 5.66. The molecule has 0 saturated carbocycles. The van der Waals surface area contributed by atoms with Crippen LogP contribution in [0.15, 0.2) is 0 Å². The molecule has 0 aliphatic rings. The molecule has 11 heavy (non-hydrogen) atoms. The summed E-state index contributed by atoms with van der Waals surface area (Å²) in [4.78, 5) is 2.96. The Balaban J connectivity index is 3.46. The fourth-order valence-corrected chi connectivity index (χ4v) is 0.582. The largest absolute Gasteiger partial charge is 0.394 e. The van der Waals surface area contributed by atoms with E-state index in [0.29, 0.717) is 0 Å². The van der Waals surface area contributed by atoms with Gasteiger partial charge in [0.2, 0.25) is 5.95 Å². The molecule has 1 aromatic rings. The van der Waals surface area contributed by atoms with E-state index in [4.69, 9.17) is 17.2 Å². The molecular formula is C5H6F2N4. The summed E-state index contributed by atoms with van der Waals surface area (Å²) in [6.45, 7) is 0. The van der Waals surface area contributed by atoms with Gasteiger partial charge in [-0.1, -0.05) is 0 Å². The smallest absolute Gasteiger partial charge is 0.240 e. The average Bonchev–Trinajstić information content (AvgIpc) is 1.97. The number of nitrogen functional groups attached to an aromatic ring is 3. The molecule has 0 unspecified atom stereocenters. The van der Waals surface area contributed by atoms with E-state index < -0.39 is 29.0 Å². The fraction of sp³-hybridized carbons (Fsp3) is 0. The van der Waals surface area contributed by atoms with Crippen LogP contribution in [0, 0.1) is 11.8 Å². The topological polar surface area (TPSA) is 90.9 Å². The Morgan fingerprint density at radius 3 is 2.09 bits per heavy atom. The third kappa shape index (κ3) is 1.02. The number of rotatable bonds is 0. The number of aromatic nitrogens is 1. The number of halogens is 2. The minimum absolute atomic E-state index is 0.505. The molecule has 0 aromatic carbocycles. The van der Waals surface area contributed by atoms with Crippen LogP contribution in [-0.2, 0) is 0 Å². The minimum Gasteiger partial charge on any atom is -0.394 e. The first-order chi connectivity index (χ1) is 5.04. The molecule has 0 atom stereocenters. The van der Waals surface area contributed by atoms with Gasteiger partial charge in [0.25, 0.3) is 0 Å². The molecule has 0 aliphatic carbocycles. The zero-order valence-corrected chi connectivity index (χ0v) is 5.44. The summed E-state index contributed by atoms with van der Waals surface area (Å²) in [7, 11) is 0. The lowest BCUT2D eigenvalue weighted by molar-refractivity contribution is 0.573. The second kappa shape index (κ2) is 2.22. The zero-order valence-electron chi connectivity index (χ0n) is 5.44. The molecule has 4 nitrogen and oxygen atoms in total. The van der Waals surface area contributed by atoms with Gasteiger partial charge in [-0.2, -0.15) is 9.37 Å². The van der Waals surface area contributed by atoms with Crippen LogP contribution in [0.2, 0.25) is 0 Å². The Hall–Kier alpha value is -1.59. The van der Waals surface area contributed by atoms with Crippen molar-refractivity contribution in [3.05, 3.63) is 11.8 Å². The predicted octanol–water partition coefficient (Wildman–Crippen LogP) is 0.106. The normalized spacial score (nSPS) is 10.0. The first kappa shape index (κ1) is 7.52. The van der Waals surface area contributed by atoms with Crippen LogP contribution >= 0.6 is 0 Å². The maximum atomic E-state index is 12.6. The summed E-state index contributed by atoms with van der Waals surface area (Å²) in [5.41, 5.74) is 13.9. The summed E-state index contributed by atoms with van der Waals surface area (Å²) in [6.07, 6.45) is 0. The molecule has 1 rings (SSSR count). The number of pyridine rings is 1. The van der Waals surface area contributed by atoms with Crippen LogP contribution in [0.4, 0.5) is 26.0 Å². The third-order valence-corrected chi connectivity index (χ3v) is 1.19. The van der Waals surface area contributed by atoms with Gasteiger partial charge < -0.3 is 17.2 Å². The van der Waals surface area contributed by atoms with Crippen molar-refractivity contribution in [2.24, 2.45) is 0 Å². The van der Waals surface area contributed by atoms with E-state index in [9.17, 15) is 8.78 Å². The van der Waals surface area contributed by atoms with E-state index in [1.165, 1.54) is 0 Å². The van der Waals surface area contributed by atoms with Crippen LogP contribution in [0.1, 0.15) is 0 Å². The Morgan fingerprint density at radius 2 is 1.55 bits per heavy atom. The highest BCUT2D eigenvalue weighted by Gasteiger charge is 2.12. The number of hydrogen-bond donors (Lipinski definition) is 3. The molecule has 6 heteroatoms. The van der Waals surface area contributed by atoms with Crippen molar-refractivity contribution in [1.29, 1.82) is 0 Å². The van der Waals surface area contributed by atoms with Gasteiger partial charge in [0.1, 0.15) is 5.69 Å². The maximum absolute atomic E-state index is 12.6. The molecular weight excluding hydrogens is 154 g/mol. The molecule has 0 fully saturated rings. The van der Waals surface area contributed by atoms with Gasteiger partial charge in [-0.15, -0.1) is 0 Å². The molecule has 1 aromatic heterocycles. The molecule has 1 heterocycles. The van der Waals surface area contributed by atoms with Gasteiger partial charge in [-0.3, -0.25) is 0 Å². The highest BCUT2D eigenvalue weighted by Crippen LogP contribution is 2.23. The number of anilines is 3. The van der Waals surface area contributed by atoms with E-state index in [2.05, 4.69) is 4.98 Å². The van der Waals surface area contributed by atoms with Gasteiger partial charge in [0.15, 0.2) is 11.6 Å². The molecule has 0 spiro atoms. The lowest BCUT2D eigenvalue weighted by atomic mass is 10.3. The summed E-state index contributed by atoms with van der Waals surface area (Å²) in [5, 5.41) is 0. The van der Waals surface area contributed by atoms with Gasteiger partial charge in [0.05, 0.1) is 5.69 Å². The predicted molar refractivity (Wildman–Crippen MR) is 37.4 cm³/mol. The van der Waals surface area contributed by atoms with Gasteiger partial charge in [0, 0.05) is 0 Å². The molecule has 60 valence electrons. The lowest BCUT2D eigenvalue weighted by Gasteiger charge is -2.03. The monoisotopic (exact) mass is 160 g/mol. The van der Waals surface area contributed by atoms with Crippen LogP contribution in [0.25, 0.3) is 0 Å².